The van der Waals surface area contributed by atoms with Crippen molar-refractivity contribution in [1.29, 1.82) is 0 Å². The van der Waals surface area contributed by atoms with Gasteiger partial charge in [-0.05, 0) is 37.1 Å². The van der Waals surface area contributed by atoms with E-state index in [1.165, 1.54) is 0 Å². The maximum atomic E-state index is 12.5. The van der Waals surface area contributed by atoms with E-state index in [2.05, 4.69) is 16.6 Å². The van der Waals surface area contributed by atoms with E-state index in [0.717, 1.165) is 0 Å². The Morgan fingerprint density at radius 3 is 2.07 bits per heavy atom. The molecule has 0 fully saturated rings. The Bertz CT molecular complexity index is 912. The van der Waals surface area contributed by atoms with Crippen LogP contribution in [0.15, 0.2) is 60.7 Å². The minimum absolute atomic E-state index is 0.0920. The van der Waals surface area contributed by atoms with Crippen LogP contribution < -0.4 is 22.1 Å². The summed E-state index contributed by atoms with van der Waals surface area (Å²) in [6, 6.07) is 16.8. The molecule has 8 nitrogen and oxygen atoms in total. The molecule has 0 aromatic heterocycles. The van der Waals surface area contributed by atoms with Gasteiger partial charge in [-0.2, -0.15) is 0 Å². The Morgan fingerprint density at radius 1 is 1.00 bits per heavy atom. The Hall–Kier alpha value is -3.67. The van der Waals surface area contributed by atoms with Crippen molar-refractivity contribution in [1.82, 2.24) is 10.6 Å². The van der Waals surface area contributed by atoms with Crippen LogP contribution in [0.3, 0.4) is 0 Å². The molecule has 8 heteroatoms. The highest BCUT2D eigenvalue weighted by atomic mass is 16.5. The number of terminal acetylenes is 1. The number of hydrogen-bond acceptors (Lipinski definition) is 6. The molecule has 2 rings (SSSR count). The summed E-state index contributed by atoms with van der Waals surface area (Å²) >= 11 is 0. The Balaban J connectivity index is 2.05. The summed E-state index contributed by atoms with van der Waals surface area (Å²) in [7, 11) is 0. The summed E-state index contributed by atoms with van der Waals surface area (Å²) < 4.78 is 4.93. The van der Waals surface area contributed by atoms with Gasteiger partial charge in [-0.15, -0.1) is 6.42 Å². The SMILES string of the molecule is C#CCOC(=O)[C@](N)(CCC(N)NC(=O)c1ccccc1)NC(=O)c1ccccc1. The van der Waals surface area contributed by atoms with E-state index in [4.69, 9.17) is 22.6 Å². The van der Waals surface area contributed by atoms with Crippen molar-refractivity contribution in [3.05, 3.63) is 71.8 Å². The molecule has 0 aliphatic heterocycles. The van der Waals surface area contributed by atoms with Crippen LogP contribution >= 0.6 is 0 Å². The zero-order chi connectivity index (χ0) is 22.0. The average Bonchev–Trinajstić information content (AvgIpc) is 2.77. The normalized spacial score (nSPS) is 13.2. The molecule has 0 aliphatic carbocycles. The minimum Gasteiger partial charge on any atom is -0.450 e. The molecule has 0 spiro atoms. The molecule has 0 bridgehead atoms. The lowest BCUT2D eigenvalue weighted by atomic mass is 10.0. The number of rotatable bonds is 9. The third-order valence-corrected chi connectivity index (χ3v) is 4.23. The van der Waals surface area contributed by atoms with Crippen molar-refractivity contribution < 1.29 is 19.1 Å². The highest BCUT2D eigenvalue weighted by Crippen LogP contribution is 2.12. The summed E-state index contributed by atoms with van der Waals surface area (Å²) in [5.74, 6) is 0.350. The van der Waals surface area contributed by atoms with Crippen molar-refractivity contribution >= 4 is 17.8 Å². The Labute approximate surface area is 175 Å². The Morgan fingerprint density at radius 2 is 1.53 bits per heavy atom. The molecule has 0 saturated carbocycles. The summed E-state index contributed by atoms with van der Waals surface area (Å²) in [6.07, 6.45) is 4.31. The van der Waals surface area contributed by atoms with E-state index in [9.17, 15) is 14.4 Å². The van der Waals surface area contributed by atoms with Crippen LogP contribution in [0.4, 0.5) is 0 Å². The number of carbonyl (C=O) groups is 3. The van der Waals surface area contributed by atoms with E-state index in [-0.39, 0.29) is 25.4 Å². The number of hydrogen-bond donors (Lipinski definition) is 4. The highest BCUT2D eigenvalue weighted by Gasteiger charge is 2.38. The van der Waals surface area contributed by atoms with Gasteiger partial charge in [-0.25, -0.2) is 4.79 Å². The van der Waals surface area contributed by atoms with E-state index in [1.807, 2.05) is 0 Å². The maximum absolute atomic E-state index is 12.5. The zero-order valence-electron chi connectivity index (χ0n) is 16.3. The van der Waals surface area contributed by atoms with Crippen LogP contribution in [0.5, 0.6) is 0 Å². The predicted molar refractivity (Wildman–Crippen MR) is 112 cm³/mol. The molecule has 0 aliphatic rings. The van der Waals surface area contributed by atoms with Crippen LogP contribution in [-0.2, 0) is 9.53 Å². The zero-order valence-corrected chi connectivity index (χ0v) is 16.3. The van der Waals surface area contributed by atoms with Crippen LogP contribution in [0.25, 0.3) is 0 Å². The van der Waals surface area contributed by atoms with Gasteiger partial charge in [-0.3, -0.25) is 15.3 Å². The van der Waals surface area contributed by atoms with Crippen molar-refractivity contribution in [2.24, 2.45) is 11.5 Å². The van der Waals surface area contributed by atoms with Crippen molar-refractivity contribution in [3.8, 4) is 12.3 Å². The van der Waals surface area contributed by atoms with Gasteiger partial charge in [0, 0.05) is 11.1 Å². The first kappa shape index (κ1) is 22.6. The number of carbonyl (C=O) groups excluding carboxylic acids is 3. The second-order valence-corrected chi connectivity index (χ2v) is 6.56. The number of ether oxygens (including phenoxy) is 1. The van der Waals surface area contributed by atoms with Crippen LogP contribution in [0, 0.1) is 12.3 Å². The fourth-order valence-electron chi connectivity index (χ4n) is 2.61. The minimum atomic E-state index is -1.88. The van der Waals surface area contributed by atoms with Crippen LogP contribution in [0.2, 0.25) is 0 Å². The molecule has 30 heavy (non-hydrogen) atoms. The molecule has 6 N–H and O–H groups in total. The summed E-state index contributed by atoms with van der Waals surface area (Å²) in [5.41, 5.74) is 11.0. The quantitative estimate of drug-likeness (QED) is 0.274. The molecule has 156 valence electrons. The molecule has 0 radical (unpaired) electrons. The van der Waals surface area contributed by atoms with Crippen molar-refractivity contribution in [2.45, 2.75) is 24.7 Å². The number of benzene rings is 2. The number of nitrogens with two attached hydrogens (primary N) is 2. The fourth-order valence-corrected chi connectivity index (χ4v) is 2.61. The summed E-state index contributed by atoms with van der Waals surface area (Å²) in [6.45, 7) is -0.296. The van der Waals surface area contributed by atoms with E-state index >= 15 is 0 Å². The van der Waals surface area contributed by atoms with Gasteiger partial charge in [0.1, 0.15) is 0 Å². The lowest BCUT2D eigenvalue weighted by Gasteiger charge is -2.29. The first-order valence-electron chi connectivity index (χ1n) is 9.24. The standard InChI is InChI=1S/C22H24N4O4/c1-2-15-30-21(29)22(24,26-20(28)17-11-7-4-8-12-17)14-13-18(23)25-19(27)16-9-5-3-6-10-16/h1,3-12,18H,13-15,23-24H2,(H,25,27)(H,26,28)/t18?,22-/m0/s1. The number of esters is 1. The average molecular weight is 408 g/mol. The molecule has 2 atom stereocenters. The molecule has 2 aromatic rings. The lowest BCUT2D eigenvalue weighted by molar-refractivity contribution is -0.150. The second kappa shape index (κ2) is 10.8. The van der Waals surface area contributed by atoms with E-state index in [1.54, 1.807) is 60.7 Å². The van der Waals surface area contributed by atoms with Crippen LogP contribution in [-0.4, -0.2) is 36.2 Å². The molecule has 0 heterocycles. The highest BCUT2D eigenvalue weighted by molar-refractivity contribution is 5.98. The van der Waals surface area contributed by atoms with Crippen molar-refractivity contribution in [3.63, 3.8) is 0 Å². The van der Waals surface area contributed by atoms with Crippen molar-refractivity contribution in [2.75, 3.05) is 6.61 Å². The molecule has 0 saturated heterocycles. The van der Waals surface area contributed by atoms with Gasteiger partial charge in [0.2, 0.25) is 0 Å². The van der Waals surface area contributed by atoms with Gasteiger partial charge >= 0.3 is 5.97 Å². The lowest BCUT2D eigenvalue weighted by Crippen LogP contribution is -2.63. The summed E-state index contributed by atoms with van der Waals surface area (Å²) in [5, 5.41) is 5.11. The fraction of sp³-hybridized carbons (Fsp3) is 0.227. The van der Waals surface area contributed by atoms with E-state index < -0.39 is 23.7 Å². The number of nitrogens with one attached hydrogen (secondary N) is 2. The topological polar surface area (TPSA) is 137 Å². The first-order valence-corrected chi connectivity index (χ1v) is 9.24. The van der Waals surface area contributed by atoms with Gasteiger partial charge < -0.3 is 21.1 Å². The third-order valence-electron chi connectivity index (χ3n) is 4.23. The molecule has 1 unspecified atom stereocenters. The smallest absolute Gasteiger partial charge is 0.347 e. The molecule has 2 aromatic carbocycles. The predicted octanol–water partition coefficient (Wildman–Crippen LogP) is 0.743. The van der Waals surface area contributed by atoms with Crippen LogP contribution in [0.1, 0.15) is 33.6 Å². The molecule has 2 amide bonds. The molecular weight excluding hydrogens is 384 g/mol. The monoisotopic (exact) mass is 408 g/mol. The van der Waals surface area contributed by atoms with Gasteiger partial charge in [-0.1, -0.05) is 42.3 Å². The van der Waals surface area contributed by atoms with Gasteiger partial charge in [0.15, 0.2) is 12.3 Å². The largest absolute Gasteiger partial charge is 0.450 e. The van der Waals surface area contributed by atoms with Gasteiger partial charge in [0.05, 0.1) is 6.17 Å². The molecular formula is C22H24N4O4. The maximum Gasteiger partial charge on any atom is 0.347 e. The van der Waals surface area contributed by atoms with E-state index in [0.29, 0.717) is 11.1 Å². The number of amides is 2. The second-order valence-electron chi connectivity index (χ2n) is 6.56. The Kier molecular flexibility index (Phi) is 8.11. The first-order chi connectivity index (χ1) is 14.4. The summed E-state index contributed by atoms with van der Waals surface area (Å²) in [4.78, 5) is 37.2. The third kappa shape index (κ3) is 6.44. The van der Waals surface area contributed by atoms with Gasteiger partial charge in [0.25, 0.3) is 11.8 Å².